The summed E-state index contributed by atoms with van der Waals surface area (Å²) < 4.78 is 9.53. The van der Waals surface area contributed by atoms with Gasteiger partial charge in [0.2, 0.25) is 0 Å². The maximum Gasteiger partial charge on any atom is 0.338 e. The number of nitrogens with zero attached hydrogens (tertiary/aromatic N) is 3. The van der Waals surface area contributed by atoms with Crippen molar-refractivity contribution in [2.45, 2.75) is 32.9 Å². The third kappa shape index (κ3) is 3.76. The molecule has 0 N–H and O–H groups in total. The number of fused-ring (bicyclic) bond motifs is 2. The lowest BCUT2D eigenvalue weighted by atomic mass is 9.95. The molecule has 1 atom stereocenters. The SMILES string of the molecule is C=CCn1c(C)c(/C=c2\sc3n(c2=O)[C@@H](c2ccccc2)C(C(=O)OC)=C(CC)N=3)c2ccccc21. The summed E-state index contributed by atoms with van der Waals surface area (Å²) in [6.07, 6.45) is 4.38. The molecule has 1 aliphatic rings. The molecule has 1 aliphatic heterocycles. The van der Waals surface area contributed by atoms with Crippen LogP contribution in [0, 0.1) is 6.92 Å². The summed E-state index contributed by atoms with van der Waals surface area (Å²) in [5, 5.41) is 1.08. The maximum atomic E-state index is 13.9. The molecule has 0 bridgehead atoms. The number of hydrogen-bond donors (Lipinski definition) is 0. The van der Waals surface area contributed by atoms with Crippen molar-refractivity contribution in [2.24, 2.45) is 4.99 Å². The molecule has 36 heavy (non-hydrogen) atoms. The highest BCUT2D eigenvalue weighted by atomic mass is 32.1. The number of aromatic nitrogens is 2. The molecule has 0 unspecified atom stereocenters. The standard InChI is InChI=1S/C29H27N3O3S/c1-5-16-31-18(3)21(20-14-10-11-15-23(20)31)17-24-27(33)32-26(19-12-8-7-9-13-19)25(28(34)35-4)22(6-2)30-29(32)36-24/h5,7-15,17,26H,1,6,16H2,2-4H3/b24-17-/t26-/m0/s1. The molecule has 6 nitrogen and oxygen atoms in total. The zero-order chi connectivity index (χ0) is 25.4. The van der Waals surface area contributed by atoms with Crippen molar-refractivity contribution < 1.29 is 9.53 Å². The third-order valence-electron chi connectivity index (χ3n) is 6.63. The molecule has 7 heteroatoms. The largest absolute Gasteiger partial charge is 0.466 e. The highest BCUT2D eigenvalue weighted by Crippen LogP contribution is 2.32. The average molecular weight is 498 g/mol. The number of thiazole rings is 1. The molecule has 0 radical (unpaired) electrons. The highest BCUT2D eigenvalue weighted by molar-refractivity contribution is 7.07. The van der Waals surface area contributed by atoms with Crippen LogP contribution in [0.3, 0.4) is 0 Å². The molecule has 182 valence electrons. The Morgan fingerprint density at radius 1 is 1.17 bits per heavy atom. The number of carbonyl (C=O) groups excluding carboxylic acids is 1. The van der Waals surface area contributed by atoms with Crippen LogP contribution in [0.4, 0.5) is 0 Å². The molecular weight excluding hydrogens is 470 g/mol. The normalized spacial score (nSPS) is 15.6. The number of esters is 1. The van der Waals surface area contributed by atoms with Gasteiger partial charge in [-0.15, -0.1) is 6.58 Å². The van der Waals surface area contributed by atoms with E-state index in [9.17, 15) is 9.59 Å². The van der Waals surface area contributed by atoms with Crippen molar-refractivity contribution in [3.05, 3.63) is 115 Å². The Morgan fingerprint density at radius 2 is 1.89 bits per heavy atom. The number of benzene rings is 2. The van der Waals surface area contributed by atoms with E-state index < -0.39 is 12.0 Å². The summed E-state index contributed by atoms with van der Waals surface area (Å²) in [7, 11) is 1.36. The van der Waals surface area contributed by atoms with E-state index in [0.29, 0.717) is 33.6 Å². The van der Waals surface area contributed by atoms with Crippen molar-refractivity contribution in [3.63, 3.8) is 0 Å². The summed E-state index contributed by atoms with van der Waals surface area (Å²) >= 11 is 1.35. The van der Waals surface area contributed by atoms with Gasteiger partial charge in [0.25, 0.3) is 5.56 Å². The van der Waals surface area contributed by atoms with Crippen LogP contribution in [-0.4, -0.2) is 22.2 Å². The van der Waals surface area contributed by atoms with Crippen LogP contribution >= 0.6 is 11.3 Å². The van der Waals surface area contributed by atoms with Crippen LogP contribution < -0.4 is 14.9 Å². The molecule has 0 saturated carbocycles. The minimum atomic E-state index is -0.602. The minimum Gasteiger partial charge on any atom is -0.466 e. The van der Waals surface area contributed by atoms with Crippen LogP contribution in [0.5, 0.6) is 0 Å². The molecule has 0 saturated heterocycles. The number of hydrogen-bond acceptors (Lipinski definition) is 5. The van der Waals surface area contributed by atoms with E-state index in [1.807, 2.05) is 61.5 Å². The number of rotatable bonds is 6. The van der Waals surface area contributed by atoms with Gasteiger partial charge in [-0.3, -0.25) is 9.36 Å². The molecule has 5 rings (SSSR count). The minimum absolute atomic E-state index is 0.177. The Morgan fingerprint density at radius 3 is 2.58 bits per heavy atom. The zero-order valence-electron chi connectivity index (χ0n) is 20.5. The van der Waals surface area contributed by atoms with Gasteiger partial charge in [0.05, 0.1) is 29.0 Å². The van der Waals surface area contributed by atoms with E-state index in [2.05, 4.69) is 30.2 Å². The van der Waals surface area contributed by atoms with Crippen molar-refractivity contribution >= 4 is 34.3 Å². The second kappa shape index (κ2) is 9.59. The van der Waals surface area contributed by atoms with Gasteiger partial charge < -0.3 is 9.30 Å². The Kier molecular flexibility index (Phi) is 6.33. The lowest BCUT2D eigenvalue weighted by molar-refractivity contribution is -0.136. The van der Waals surface area contributed by atoms with Gasteiger partial charge in [0.1, 0.15) is 0 Å². The fourth-order valence-corrected chi connectivity index (χ4v) is 5.95. The van der Waals surface area contributed by atoms with Gasteiger partial charge in [-0.2, -0.15) is 0 Å². The highest BCUT2D eigenvalue weighted by Gasteiger charge is 2.33. The fraction of sp³-hybridized carbons (Fsp3) is 0.207. The van der Waals surface area contributed by atoms with Crippen LogP contribution in [0.2, 0.25) is 0 Å². The van der Waals surface area contributed by atoms with E-state index in [0.717, 1.165) is 27.7 Å². The first kappa shape index (κ1) is 23.8. The van der Waals surface area contributed by atoms with Crippen LogP contribution in [0.25, 0.3) is 17.0 Å². The second-order valence-corrected chi connectivity index (χ2v) is 9.62. The first-order chi connectivity index (χ1) is 17.5. The van der Waals surface area contributed by atoms with Gasteiger partial charge in [-0.25, -0.2) is 9.79 Å². The Hall–Kier alpha value is -3.97. The van der Waals surface area contributed by atoms with Gasteiger partial charge in [-0.1, -0.05) is 72.9 Å². The van der Waals surface area contributed by atoms with Crippen LogP contribution in [0.1, 0.15) is 36.2 Å². The number of allylic oxidation sites excluding steroid dienone is 2. The van der Waals surface area contributed by atoms with Gasteiger partial charge in [-0.05, 0) is 31.1 Å². The summed E-state index contributed by atoms with van der Waals surface area (Å²) in [6.45, 7) is 8.59. The Balaban J connectivity index is 1.80. The van der Waals surface area contributed by atoms with Crippen molar-refractivity contribution in [1.29, 1.82) is 0 Å². The van der Waals surface area contributed by atoms with E-state index >= 15 is 0 Å². The monoisotopic (exact) mass is 497 g/mol. The molecule has 0 fully saturated rings. The molecule has 4 aromatic rings. The first-order valence-corrected chi connectivity index (χ1v) is 12.7. The predicted octanol–water partition coefficient (Wildman–Crippen LogP) is 4.25. The van der Waals surface area contributed by atoms with Gasteiger partial charge >= 0.3 is 5.97 Å². The van der Waals surface area contributed by atoms with Gasteiger partial charge in [0, 0.05) is 28.7 Å². The van der Waals surface area contributed by atoms with Crippen molar-refractivity contribution in [3.8, 4) is 0 Å². The second-order valence-electron chi connectivity index (χ2n) is 8.61. The van der Waals surface area contributed by atoms with Gasteiger partial charge in [0.15, 0.2) is 4.80 Å². The van der Waals surface area contributed by atoms with Crippen LogP contribution in [0.15, 0.2) is 88.3 Å². The average Bonchev–Trinajstić information content (AvgIpc) is 3.36. The van der Waals surface area contributed by atoms with Crippen molar-refractivity contribution in [1.82, 2.24) is 9.13 Å². The molecule has 0 spiro atoms. The third-order valence-corrected chi connectivity index (χ3v) is 7.62. The summed E-state index contributed by atoms with van der Waals surface area (Å²) in [4.78, 5) is 32.2. The van der Waals surface area contributed by atoms with E-state index in [4.69, 9.17) is 9.73 Å². The number of carbonyl (C=O) groups is 1. The molecule has 3 heterocycles. The molecule has 0 amide bonds. The number of methoxy groups -OCH3 is 1. The molecule has 2 aromatic carbocycles. The summed E-state index contributed by atoms with van der Waals surface area (Å²) in [5.41, 5.74) is 4.86. The summed E-state index contributed by atoms with van der Waals surface area (Å²) in [6, 6.07) is 17.1. The lowest BCUT2D eigenvalue weighted by Crippen LogP contribution is -2.40. The number of ether oxygens (including phenoxy) is 1. The summed E-state index contributed by atoms with van der Waals surface area (Å²) in [5.74, 6) is -0.470. The first-order valence-electron chi connectivity index (χ1n) is 11.9. The Bertz CT molecular complexity index is 1700. The van der Waals surface area contributed by atoms with Crippen LogP contribution in [-0.2, 0) is 16.1 Å². The fourth-order valence-electron chi connectivity index (χ4n) is 4.95. The molecule has 0 aliphatic carbocycles. The van der Waals surface area contributed by atoms with E-state index in [1.54, 1.807) is 4.57 Å². The topological polar surface area (TPSA) is 65.6 Å². The molecule has 2 aromatic heterocycles. The smallest absolute Gasteiger partial charge is 0.338 e. The number of para-hydroxylation sites is 1. The molecular formula is C29H27N3O3S. The predicted molar refractivity (Wildman–Crippen MR) is 144 cm³/mol. The Labute approximate surface area is 212 Å². The van der Waals surface area contributed by atoms with E-state index in [1.165, 1.54) is 18.4 Å². The lowest BCUT2D eigenvalue weighted by Gasteiger charge is -2.25. The quantitative estimate of drug-likeness (QED) is 0.296. The zero-order valence-corrected chi connectivity index (χ0v) is 21.3. The maximum absolute atomic E-state index is 13.9. The van der Waals surface area contributed by atoms with Crippen molar-refractivity contribution in [2.75, 3.05) is 7.11 Å². The van der Waals surface area contributed by atoms with E-state index in [-0.39, 0.29) is 5.56 Å².